The summed E-state index contributed by atoms with van der Waals surface area (Å²) < 4.78 is 18.6. The van der Waals surface area contributed by atoms with Crippen molar-refractivity contribution in [1.82, 2.24) is 15.5 Å². The van der Waals surface area contributed by atoms with Crippen LogP contribution in [0.15, 0.2) is 52.1 Å². The molecule has 5 nitrogen and oxygen atoms in total. The first-order valence-corrected chi connectivity index (χ1v) is 10.7. The molecule has 1 atom stereocenters. The van der Waals surface area contributed by atoms with Gasteiger partial charge in [-0.3, -0.25) is 4.79 Å². The summed E-state index contributed by atoms with van der Waals surface area (Å²) >= 11 is 1.18. The highest BCUT2D eigenvalue weighted by atomic mass is 32.2. The van der Waals surface area contributed by atoms with Crippen molar-refractivity contribution in [3.63, 3.8) is 0 Å². The Kier molecular flexibility index (Phi) is 5.94. The predicted octanol–water partition coefficient (Wildman–Crippen LogP) is 4.72. The van der Waals surface area contributed by atoms with Crippen LogP contribution < -0.4 is 5.32 Å². The van der Waals surface area contributed by atoms with Gasteiger partial charge in [-0.25, -0.2) is 4.39 Å². The van der Waals surface area contributed by atoms with E-state index in [1.165, 1.54) is 47.9 Å². The van der Waals surface area contributed by atoms with E-state index in [9.17, 15) is 9.18 Å². The van der Waals surface area contributed by atoms with Crippen LogP contribution in [0.4, 0.5) is 4.39 Å². The number of hydrogen-bond acceptors (Lipinski definition) is 5. The van der Waals surface area contributed by atoms with Crippen molar-refractivity contribution in [2.75, 3.05) is 5.75 Å². The molecule has 0 radical (unpaired) electrons. The van der Waals surface area contributed by atoms with E-state index < -0.39 is 0 Å². The van der Waals surface area contributed by atoms with Crippen LogP contribution in [0, 0.1) is 5.82 Å². The van der Waals surface area contributed by atoms with Crippen LogP contribution in [-0.4, -0.2) is 21.9 Å². The Hall–Kier alpha value is -2.67. The zero-order valence-electron chi connectivity index (χ0n) is 16.2. The number of halogens is 1. The molecule has 3 aromatic rings. The van der Waals surface area contributed by atoms with Gasteiger partial charge in [0, 0.05) is 5.56 Å². The maximum Gasteiger partial charge on any atom is 0.277 e. The minimum atomic E-state index is -0.326. The lowest BCUT2D eigenvalue weighted by molar-refractivity contribution is -0.119. The normalized spacial score (nSPS) is 14.3. The zero-order valence-corrected chi connectivity index (χ0v) is 17.0. The van der Waals surface area contributed by atoms with Crippen molar-refractivity contribution >= 4 is 17.7 Å². The van der Waals surface area contributed by atoms with E-state index in [-0.39, 0.29) is 23.5 Å². The van der Waals surface area contributed by atoms with Gasteiger partial charge in [0.05, 0.1) is 11.8 Å². The maximum atomic E-state index is 13.0. The third-order valence-corrected chi connectivity index (χ3v) is 5.89. The number of carbonyl (C=O) groups excluding carboxylic acids is 1. The van der Waals surface area contributed by atoms with Gasteiger partial charge in [0.2, 0.25) is 11.8 Å². The molecule has 0 fully saturated rings. The van der Waals surface area contributed by atoms with Crippen LogP contribution >= 0.6 is 11.8 Å². The number of aromatic nitrogens is 2. The number of nitrogens with one attached hydrogen (secondary N) is 1. The fourth-order valence-electron chi connectivity index (χ4n) is 3.49. The highest BCUT2D eigenvalue weighted by molar-refractivity contribution is 7.99. The summed E-state index contributed by atoms with van der Waals surface area (Å²) in [5.41, 5.74) is 4.60. The first-order valence-electron chi connectivity index (χ1n) is 9.72. The predicted molar refractivity (Wildman–Crippen MR) is 110 cm³/mol. The Bertz CT molecular complexity index is 1000. The number of aryl methyl sites for hydroxylation is 2. The lowest BCUT2D eigenvalue weighted by Crippen LogP contribution is -2.28. The Morgan fingerprint density at radius 1 is 1.14 bits per heavy atom. The number of nitrogens with zero attached hydrogens (tertiary/aromatic N) is 2. The summed E-state index contributed by atoms with van der Waals surface area (Å²) in [6.45, 7) is 1.99. The Morgan fingerprint density at radius 2 is 1.90 bits per heavy atom. The van der Waals surface area contributed by atoms with Gasteiger partial charge < -0.3 is 9.73 Å². The lowest BCUT2D eigenvalue weighted by atomic mass is 9.89. The summed E-state index contributed by atoms with van der Waals surface area (Å²) in [4.78, 5) is 12.3. The number of hydrogen-bond donors (Lipinski definition) is 1. The minimum absolute atomic E-state index is 0.0622. The molecule has 1 aliphatic rings. The number of carbonyl (C=O) groups is 1. The molecule has 4 rings (SSSR count). The van der Waals surface area contributed by atoms with E-state index in [4.69, 9.17) is 4.42 Å². The van der Waals surface area contributed by atoms with Crippen LogP contribution in [0.3, 0.4) is 0 Å². The van der Waals surface area contributed by atoms with E-state index in [0.29, 0.717) is 16.7 Å². The number of thioether (sulfide) groups is 1. The molecule has 1 amide bonds. The van der Waals surface area contributed by atoms with Gasteiger partial charge in [-0.05, 0) is 73.6 Å². The molecule has 0 bridgehead atoms. The number of amides is 1. The summed E-state index contributed by atoms with van der Waals surface area (Å²) in [6.07, 6.45) is 4.76. The number of rotatable bonds is 6. The highest BCUT2D eigenvalue weighted by Crippen LogP contribution is 2.26. The van der Waals surface area contributed by atoms with E-state index in [1.54, 1.807) is 12.1 Å². The molecule has 0 saturated carbocycles. The third kappa shape index (κ3) is 4.85. The highest BCUT2D eigenvalue weighted by Gasteiger charge is 2.16. The number of benzene rings is 2. The van der Waals surface area contributed by atoms with E-state index >= 15 is 0 Å². The Morgan fingerprint density at radius 3 is 2.69 bits per heavy atom. The SMILES string of the molecule is C[C@@H](NC(=O)CSc1nnc(-c2ccc(F)cc2)o1)c1ccc2c(c1)CCCC2. The van der Waals surface area contributed by atoms with Crippen molar-refractivity contribution in [3.8, 4) is 11.5 Å². The first-order chi connectivity index (χ1) is 14.1. The molecule has 7 heteroatoms. The van der Waals surface area contributed by atoms with Crippen LogP contribution in [-0.2, 0) is 17.6 Å². The second-order valence-electron chi connectivity index (χ2n) is 7.19. The van der Waals surface area contributed by atoms with E-state index in [0.717, 1.165) is 18.4 Å². The van der Waals surface area contributed by atoms with Gasteiger partial charge in [-0.1, -0.05) is 30.0 Å². The van der Waals surface area contributed by atoms with Gasteiger partial charge in [-0.2, -0.15) is 0 Å². The molecule has 0 spiro atoms. The quantitative estimate of drug-likeness (QED) is 0.594. The first kappa shape index (κ1) is 19.6. The Balaban J connectivity index is 1.31. The summed E-state index contributed by atoms with van der Waals surface area (Å²) in [6, 6.07) is 12.3. The summed E-state index contributed by atoms with van der Waals surface area (Å²) in [5, 5.41) is 11.2. The van der Waals surface area contributed by atoms with Crippen LogP contribution in [0.1, 0.15) is 42.5 Å². The second-order valence-corrected chi connectivity index (χ2v) is 8.12. The Labute approximate surface area is 173 Å². The number of fused-ring (bicyclic) bond motifs is 1. The van der Waals surface area contributed by atoms with Gasteiger partial charge in [0.15, 0.2) is 0 Å². The van der Waals surface area contributed by atoms with E-state index in [2.05, 4.69) is 33.7 Å². The molecule has 0 unspecified atom stereocenters. The average Bonchev–Trinajstić information content (AvgIpc) is 3.21. The molecular weight excluding hydrogens is 389 g/mol. The molecule has 150 valence electrons. The average molecular weight is 412 g/mol. The van der Waals surface area contributed by atoms with Crippen LogP contribution in [0.25, 0.3) is 11.5 Å². The maximum absolute atomic E-state index is 13.0. The van der Waals surface area contributed by atoms with Gasteiger partial charge in [-0.15, -0.1) is 10.2 Å². The van der Waals surface area contributed by atoms with Crippen molar-refractivity contribution in [3.05, 3.63) is 65.0 Å². The molecule has 1 heterocycles. The summed E-state index contributed by atoms with van der Waals surface area (Å²) in [7, 11) is 0. The minimum Gasteiger partial charge on any atom is -0.411 e. The van der Waals surface area contributed by atoms with Crippen molar-refractivity contribution in [1.29, 1.82) is 0 Å². The summed E-state index contributed by atoms with van der Waals surface area (Å²) in [5.74, 6) is 0.0602. The monoisotopic (exact) mass is 411 g/mol. The van der Waals surface area contributed by atoms with Gasteiger partial charge in [0.1, 0.15) is 5.82 Å². The molecule has 0 aliphatic heterocycles. The van der Waals surface area contributed by atoms with Crippen LogP contribution in [0.2, 0.25) is 0 Å². The fraction of sp³-hybridized carbons (Fsp3) is 0.318. The lowest BCUT2D eigenvalue weighted by Gasteiger charge is -2.20. The molecule has 1 aliphatic carbocycles. The van der Waals surface area contributed by atoms with Crippen LogP contribution in [0.5, 0.6) is 0 Å². The fourth-order valence-corrected chi connectivity index (χ4v) is 4.07. The topological polar surface area (TPSA) is 68.0 Å². The molecule has 0 saturated heterocycles. The largest absolute Gasteiger partial charge is 0.411 e. The molecule has 1 N–H and O–H groups in total. The third-order valence-electron chi connectivity index (χ3n) is 5.07. The van der Waals surface area contributed by atoms with Crippen molar-refractivity contribution < 1.29 is 13.6 Å². The molecule has 29 heavy (non-hydrogen) atoms. The molecule has 2 aromatic carbocycles. The van der Waals surface area contributed by atoms with Gasteiger partial charge in [0.25, 0.3) is 5.22 Å². The van der Waals surface area contributed by atoms with E-state index in [1.807, 2.05) is 6.92 Å². The second kappa shape index (κ2) is 8.78. The van der Waals surface area contributed by atoms with Gasteiger partial charge >= 0.3 is 0 Å². The molecular formula is C22H22FN3O2S. The zero-order chi connectivity index (χ0) is 20.2. The standard InChI is InChI=1S/C22H22FN3O2S/c1-14(17-7-6-15-4-2-3-5-18(15)12-17)24-20(27)13-29-22-26-25-21(28-22)16-8-10-19(23)11-9-16/h6-12,14H,2-5,13H2,1H3,(H,24,27)/t14-/m1/s1. The molecule has 1 aromatic heterocycles. The van der Waals surface area contributed by atoms with Crippen molar-refractivity contribution in [2.45, 2.75) is 43.9 Å². The smallest absolute Gasteiger partial charge is 0.277 e. The van der Waals surface area contributed by atoms with Crippen molar-refractivity contribution in [2.24, 2.45) is 0 Å².